The maximum Gasteiger partial charge on any atom is 0.266 e. The number of hydrazine groups is 1. The Hall–Kier alpha value is -2.45. The largest absolute Gasteiger partial charge is 0.290 e. The third kappa shape index (κ3) is 3.80. The molecule has 1 aromatic heterocycles. The molecule has 1 heterocycles. The fraction of sp³-hybridized carbons (Fsp3) is 0.143. The second-order valence-electron chi connectivity index (χ2n) is 4.62. The van der Waals surface area contributed by atoms with Crippen molar-refractivity contribution in [3.05, 3.63) is 59.9 Å². The molecule has 0 unspecified atom stereocenters. The normalized spacial score (nSPS) is 11.0. The first kappa shape index (κ1) is 15.9. The number of carbonyl (C=O) groups excluding carboxylic acids is 1. The Morgan fingerprint density at radius 2 is 1.91 bits per heavy atom. The molecule has 116 valence electrons. The molecule has 0 saturated heterocycles. The molecule has 0 fully saturated rings. The molecule has 0 aliphatic carbocycles. The molecule has 2 aromatic rings. The molecule has 3 N–H and O–H groups in total. The van der Waals surface area contributed by atoms with Gasteiger partial charge in [-0.05, 0) is 24.3 Å². The van der Waals surface area contributed by atoms with Gasteiger partial charge in [-0.25, -0.2) is 14.3 Å². The molecule has 7 nitrogen and oxygen atoms in total. The third-order valence-corrected chi connectivity index (χ3v) is 4.11. The van der Waals surface area contributed by atoms with Gasteiger partial charge in [0.2, 0.25) is 10.0 Å². The van der Waals surface area contributed by atoms with Crippen molar-refractivity contribution in [2.45, 2.75) is 6.54 Å². The van der Waals surface area contributed by atoms with E-state index in [9.17, 15) is 13.2 Å². The Kier molecular flexibility index (Phi) is 4.74. The van der Waals surface area contributed by atoms with Crippen molar-refractivity contribution < 1.29 is 13.2 Å². The fourth-order valence-corrected chi connectivity index (χ4v) is 2.75. The summed E-state index contributed by atoms with van der Waals surface area (Å²) < 4.78 is 25.2. The quantitative estimate of drug-likeness (QED) is 0.478. The van der Waals surface area contributed by atoms with Gasteiger partial charge in [0.25, 0.3) is 5.91 Å². The minimum absolute atomic E-state index is 0.0768. The van der Waals surface area contributed by atoms with Crippen LogP contribution in [0.25, 0.3) is 0 Å². The summed E-state index contributed by atoms with van der Waals surface area (Å²) in [6.07, 6.45) is 2.49. The highest BCUT2D eigenvalue weighted by Crippen LogP contribution is 2.19. The van der Waals surface area contributed by atoms with Gasteiger partial charge >= 0.3 is 0 Å². The minimum Gasteiger partial charge on any atom is -0.290 e. The molecule has 0 spiro atoms. The first-order chi connectivity index (χ1) is 10.4. The number of carbonyl (C=O) groups is 1. The summed E-state index contributed by atoms with van der Waals surface area (Å²) in [7, 11) is -3.45. The molecular formula is C14H16N4O3S. The molecule has 1 amide bonds. The number of sulfonamides is 1. The average molecular weight is 320 g/mol. The zero-order valence-electron chi connectivity index (χ0n) is 11.9. The van der Waals surface area contributed by atoms with Crippen molar-refractivity contribution in [2.24, 2.45) is 5.84 Å². The van der Waals surface area contributed by atoms with Crippen LogP contribution in [-0.2, 0) is 16.6 Å². The van der Waals surface area contributed by atoms with Crippen molar-refractivity contribution in [3.8, 4) is 0 Å². The molecule has 0 radical (unpaired) electrons. The molecule has 0 atom stereocenters. The van der Waals surface area contributed by atoms with Crippen molar-refractivity contribution in [1.29, 1.82) is 0 Å². The predicted molar refractivity (Wildman–Crippen MR) is 83.4 cm³/mol. The first-order valence-electron chi connectivity index (χ1n) is 6.40. The van der Waals surface area contributed by atoms with Gasteiger partial charge in [-0.3, -0.25) is 19.5 Å². The molecule has 1 aromatic carbocycles. The Morgan fingerprint density at radius 1 is 1.23 bits per heavy atom. The summed E-state index contributed by atoms with van der Waals surface area (Å²) in [6.45, 7) is 0.0768. The summed E-state index contributed by atoms with van der Waals surface area (Å²) in [6, 6.07) is 11.9. The van der Waals surface area contributed by atoms with Crippen LogP contribution in [0.3, 0.4) is 0 Å². The number of nitrogens with two attached hydrogens (primary N) is 1. The van der Waals surface area contributed by atoms with E-state index in [2.05, 4.69) is 4.98 Å². The summed E-state index contributed by atoms with van der Waals surface area (Å²) in [5.41, 5.74) is 3.38. The monoisotopic (exact) mass is 320 g/mol. The second kappa shape index (κ2) is 6.54. The Labute approximate surface area is 128 Å². The lowest BCUT2D eigenvalue weighted by Crippen LogP contribution is -2.31. The van der Waals surface area contributed by atoms with Crippen molar-refractivity contribution in [3.63, 3.8) is 0 Å². The van der Waals surface area contributed by atoms with E-state index in [1.54, 1.807) is 30.3 Å². The number of nitrogens with zero attached hydrogens (tertiary/aromatic N) is 2. The van der Waals surface area contributed by atoms with E-state index in [1.807, 2.05) is 11.5 Å². The maximum absolute atomic E-state index is 12.0. The van der Waals surface area contributed by atoms with Crippen LogP contribution < -0.4 is 15.6 Å². The highest BCUT2D eigenvalue weighted by molar-refractivity contribution is 7.92. The number of hydrogen-bond donors (Lipinski definition) is 2. The highest BCUT2D eigenvalue weighted by atomic mass is 32.2. The SMILES string of the molecule is CS(=O)(=O)N(Cc1ccc(C(=O)NN)cn1)c1ccccc1. The van der Waals surface area contributed by atoms with Crippen LogP contribution >= 0.6 is 0 Å². The van der Waals surface area contributed by atoms with Crippen molar-refractivity contribution in [1.82, 2.24) is 10.4 Å². The second-order valence-corrected chi connectivity index (χ2v) is 6.52. The number of aromatic nitrogens is 1. The van der Waals surface area contributed by atoms with Gasteiger partial charge in [0.05, 0.1) is 29.7 Å². The molecule has 8 heteroatoms. The van der Waals surface area contributed by atoms with Gasteiger partial charge in [-0.15, -0.1) is 0 Å². The molecule has 2 rings (SSSR count). The summed E-state index contributed by atoms with van der Waals surface area (Å²) in [5, 5.41) is 0. The topological polar surface area (TPSA) is 105 Å². The van der Waals surface area contributed by atoms with E-state index in [4.69, 9.17) is 5.84 Å². The minimum atomic E-state index is -3.45. The highest BCUT2D eigenvalue weighted by Gasteiger charge is 2.18. The Balaban J connectivity index is 2.27. The van der Waals surface area contributed by atoms with Gasteiger partial charge < -0.3 is 0 Å². The number of para-hydroxylation sites is 1. The van der Waals surface area contributed by atoms with E-state index in [1.165, 1.54) is 16.6 Å². The Morgan fingerprint density at radius 3 is 2.41 bits per heavy atom. The molecule has 0 bridgehead atoms. The van der Waals surface area contributed by atoms with Crippen LogP contribution in [0.1, 0.15) is 16.1 Å². The van der Waals surface area contributed by atoms with Gasteiger partial charge in [0.1, 0.15) is 0 Å². The van der Waals surface area contributed by atoms with Crippen molar-refractivity contribution >= 4 is 21.6 Å². The van der Waals surface area contributed by atoms with Gasteiger partial charge in [0, 0.05) is 6.20 Å². The van der Waals surface area contributed by atoms with E-state index in [-0.39, 0.29) is 6.54 Å². The molecule has 22 heavy (non-hydrogen) atoms. The molecule has 0 saturated carbocycles. The molecular weight excluding hydrogens is 304 g/mol. The van der Waals surface area contributed by atoms with Crippen LogP contribution in [-0.4, -0.2) is 25.6 Å². The van der Waals surface area contributed by atoms with E-state index >= 15 is 0 Å². The number of hydrogen-bond acceptors (Lipinski definition) is 5. The van der Waals surface area contributed by atoms with Crippen LogP contribution in [0.4, 0.5) is 5.69 Å². The van der Waals surface area contributed by atoms with Crippen LogP contribution in [0.2, 0.25) is 0 Å². The summed E-state index contributed by atoms with van der Waals surface area (Å²) in [5.74, 6) is 4.58. The zero-order valence-corrected chi connectivity index (χ0v) is 12.7. The van der Waals surface area contributed by atoms with Crippen LogP contribution in [0.15, 0.2) is 48.7 Å². The van der Waals surface area contributed by atoms with Crippen LogP contribution in [0.5, 0.6) is 0 Å². The number of rotatable bonds is 5. The summed E-state index contributed by atoms with van der Waals surface area (Å²) >= 11 is 0. The standard InChI is InChI=1S/C14H16N4O3S/c1-22(20,21)18(13-5-3-2-4-6-13)10-12-8-7-11(9-16-12)14(19)17-15/h2-9H,10,15H2,1H3,(H,17,19). The number of nitrogens with one attached hydrogen (secondary N) is 1. The number of anilines is 1. The molecule has 0 aliphatic heterocycles. The zero-order chi connectivity index (χ0) is 16.2. The number of amides is 1. The smallest absolute Gasteiger partial charge is 0.266 e. The van der Waals surface area contributed by atoms with Crippen LogP contribution in [0, 0.1) is 0 Å². The van der Waals surface area contributed by atoms with Crippen molar-refractivity contribution in [2.75, 3.05) is 10.6 Å². The average Bonchev–Trinajstić information content (AvgIpc) is 2.52. The van der Waals surface area contributed by atoms with E-state index in [0.717, 1.165) is 6.26 Å². The number of nitrogen functional groups attached to an aromatic ring is 1. The maximum atomic E-state index is 12.0. The molecule has 0 aliphatic rings. The Bertz CT molecular complexity index is 745. The lowest BCUT2D eigenvalue weighted by Gasteiger charge is -2.22. The van der Waals surface area contributed by atoms with E-state index < -0.39 is 15.9 Å². The predicted octanol–water partition coefficient (Wildman–Crippen LogP) is 0.651. The fourth-order valence-electron chi connectivity index (χ4n) is 1.88. The number of pyridine rings is 1. The van der Waals surface area contributed by atoms with Gasteiger partial charge in [-0.2, -0.15) is 0 Å². The van der Waals surface area contributed by atoms with E-state index in [0.29, 0.717) is 16.9 Å². The third-order valence-electron chi connectivity index (χ3n) is 2.97. The van der Waals surface area contributed by atoms with Gasteiger partial charge in [-0.1, -0.05) is 18.2 Å². The lowest BCUT2D eigenvalue weighted by atomic mass is 10.2. The van der Waals surface area contributed by atoms with Gasteiger partial charge in [0.15, 0.2) is 0 Å². The summed E-state index contributed by atoms with van der Waals surface area (Å²) in [4.78, 5) is 15.4. The number of benzene rings is 1. The first-order valence-corrected chi connectivity index (χ1v) is 8.25. The lowest BCUT2D eigenvalue weighted by molar-refractivity contribution is 0.0953.